The molecule has 0 bridgehead atoms. The van der Waals surface area contributed by atoms with Crippen molar-refractivity contribution in [3.05, 3.63) is 0 Å². The minimum absolute atomic E-state index is 0.382. The fraction of sp³-hybridized carbons (Fsp3) is 1.00. The van der Waals surface area contributed by atoms with Gasteiger partial charge in [-0.3, -0.25) is 0 Å². The summed E-state index contributed by atoms with van der Waals surface area (Å²) in [7, 11) is 0. The van der Waals surface area contributed by atoms with Crippen molar-refractivity contribution in [1.82, 2.24) is 0 Å². The number of rotatable bonds is 9. The van der Waals surface area contributed by atoms with E-state index in [0.29, 0.717) is 33.4 Å². The molecule has 0 aliphatic carbocycles. The van der Waals surface area contributed by atoms with Gasteiger partial charge >= 0.3 is 0 Å². The molecule has 0 aliphatic rings. The Bertz CT molecular complexity index is 216. The third-order valence-corrected chi connectivity index (χ3v) is 18.4. The van der Waals surface area contributed by atoms with Crippen molar-refractivity contribution in [1.29, 1.82) is 0 Å². The van der Waals surface area contributed by atoms with Crippen LogP contribution in [0.3, 0.4) is 0 Å². The SMILES string of the molecule is CC(CCl)SP(=S)(SC(C)CCl)SC(C)CCl. The molecule has 104 valence electrons. The van der Waals surface area contributed by atoms with E-state index in [2.05, 4.69) is 20.8 Å². The van der Waals surface area contributed by atoms with Crippen LogP contribution >= 0.6 is 72.6 Å². The minimum Gasteiger partial charge on any atom is -0.126 e. The van der Waals surface area contributed by atoms with Crippen LogP contribution in [0.1, 0.15) is 20.8 Å². The van der Waals surface area contributed by atoms with Crippen LogP contribution in [0.2, 0.25) is 0 Å². The van der Waals surface area contributed by atoms with Crippen LogP contribution in [0.25, 0.3) is 0 Å². The Labute approximate surface area is 137 Å². The third kappa shape index (κ3) is 9.18. The molecular formula is C9H18Cl3PS4. The molecule has 0 aliphatic heterocycles. The lowest BCUT2D eigenvalue weighted by Crippen LogP contribution is -2.02. The molecule has 3 atom stereocenters. The van der Waals surface area contributed by atoms with Crippen molar-refractivity contribution >= 4 is 84.4 Å². The molecule has 0 saturated carbocycles. The highest BCUT2D eigenvalue weighted by atomic mass is 35.5. The summed E-state index contributed by atoms with van der Waals surface area (Å²) in [6.07, 6.45) is 0. The summed E-state index contributed by atoms with van der Waals surface area (Å²) in [6, 6.07) is 0. The zero-order valence-electron chi connectivity index (χ0n) is 10.1. The van der Waals surface area contributed by atoms with E-state index in [4.69, 9.17) is 46.6 Å². The maximum absolute atomic E-state index is 5.88. The predicted octanol–water partition coefficient (Wildman–Crippen LogP) is 6.29. The maximum Gasteiger partial charge on any atom is 0.110 e. The molecule has 17 heavy (non-hydrogen) atoms. The largest absolute Gasteiger partial charge is 0.126 e. The first kappa shape index (κ1) is 19.6. The average molecular weight is 392 g/mol. The summed E-state index contributed by atoms with van der Waals surface area (Å²) >= 11 is 29.0. The van der Waals surface area contributed by atoms with Crippen molar-refractivity contribution in [2.75, 3.05) is 17.6 Å². The molecular weight excluding hydrogens is 374 g/mol. The van der Waals surface area contributed by atoms with E-state index < -0.39 is 3.64 Å². The molecule has 0 spiro atoms. The Balaban J connectivity index is 4.62. The summed E-state index contributed by atoms with van der Waals surface area (Å²) in [6.45, 7) is 6.36. The minimum atomic E-state index is -1.61. The van der Waals surface area contributed by atoms with Gasteiger partial charge in [-0.1, -0.05) is 66.7 Å². The zero-order chi connectivity index (χ0) is 13.5. The molecule has 0 N–H and O–H groups in total. The predicted molar refractivity (Wildman–Crippen MR) is 97.6 cm³/mol. The van der Waals surface area contributed by atoms with E-state index in [1.165, 1.54) is 0 Å². The van der Waals surface area contributed by atoms with E-state index in [1.807, 2.05) is 34.1 Å². The lowest BCUT2D eigenvalue weighted by atomic mass is 10.6. The highest BCUT2D eigenvalue weighted by Crippen LogP contribution is 2.81. The Kier molecular flexibility index (Phi) is 11.9. The first-order valence-corrected chi connectivity index (χ1v) is 14.1. The van der Waals surface area contributed by atoms with Crippen molar-refractivity contribution in [2.45, 2.75) is 36.5 Å². The average Bonchev–Trinajstić information content (AvgIpc) is 2.27. The molecule has 0 aromatic rings. The Hall–Kier alpha value is 2.57. The van der Waals surface area contributed by atoms with Gasteiger partial charge in [0.15, 0.2) is 0 Å². The number of hydrogen-bond donors (Lipinski definition) is 0. The molecule has 0 saturated heterocycles. The van der Waals surface area contributed by atoms with Gasteiger partial charge in [-0.05, 0) is 0 Å². The van der Waals surface area contributed by atoms with Crippen LogP contribution in [-0.2, 0) is 11.8 Å². The second-order valence-corrected chi connectivity index (χ2v) is 21.2. The fourth-order valence-corrected chi connectivity index (χ4v) is 22.1. The van der Waals surface area contributed by atoms with Gasteiger partial charge in [0.25, 0.3) is 0 Å². The van der Waals surface area contributed by atoms with Gasteiger partial charge in [-0.2, -0.15) is 0 Å². The molecule has 0 rings (SSSR count). The van der Waals surface area contributed by atoms with Gasteiger partial charge in [0.05, 0.1) is 0 Å². The van der Waals surface area contributed by atoms with Crippen molar-refractivity contribution in [3.63, 3.8) is 0 Å². The number of alkyl halides is 3. The van der Waals surface area contributed by atoms with Crippen LogP contribution in [0.4, 0.5) is 0 Å². The first-order valence-electron chi connectivity index (χ1n) is 5.20. The number of hydrogen-bond acceptors (Lipinski definition) is 4. The lowest BCUT2D eigenvalue weighted by molar-refractivity contribution is 1.13. The molecule has 0 aromatic heterocycles. The van der Waals surface area contributed by atoms with Gasteiger partial charge in [0.1, 0.15) is 3.64 Å². The molecule has 0 heterocycles. The maximum atomic E-state index is 5.88. The fourth-order valence-electron chi connectivity index (χ4n) is 0.820. The summed E-state index contributed by atoms with van der Waals surface area (Å²) in [5.41, 5.74) is 0. The van der Waals surface area contributed by atoms with Crippen LogP contribution in [0, 0.1) is 0 Å². The molecule has 3 unspecified atom stereocenters. The van der Waals surface area contributed by atoms with E-state index in [9.17, 15) is 0 Å². The second-order valence-electron chi connectivity index (χ2n) is 3.66. The second kappa shape index (κ2) is 10.3. The molecule has 0 amide bonds. The molecule has 8 heteroatoms. The van der Waals surface area contributed by atoms with Crippen LogP contribution in [-0.4, -0.2) is 33.4 Å². The highest BCUT2D eigenvalue weighted by molar-refractivity contribution is 9.23. The highest BCUT2D eigenvalue weighted by Gasteiger charge is 2.27. The standard InChI is InChI=1S/C9H18Cl3PS4/c1-7(4-10)15-13(14,16-8(2)5-11)17-9(3)6-12/h7-9H,4-6H2,1-3H3. The molecule has 0 radical (unpaired) electrons. The van der Waals surface area contributed by atoms with Gasteiger partial charge in [-0.15, -0.1) is 34.8 Å². The van der Waals surface area contributed by atoms with E-state index >= 15 is 0 Å². The summed E-state index contributed by atoms with van der Waals surface area (Å²) in [5.74, 6) is 1.90. The quantitative estimate of drug-likeness (QED) is 0.334. The number of halogens is 3. The van der Waals surface area contributed by atoms with Gasteiger partial charge in [-0.25, -0.2) is 0 Å². The lowest BCUT2D eigenvalue weighted by Gasteiger charge is -2.27. The summed E-state index contributed by atoms with van der Waals surface area (Å²) < 4.78 is -1.61. The van der Waals surface area contributed by atoms with Crippen LogP contribution in [0.15, 0.2) is 0 Å². The molecule has 0 aromatic carbocycles. The molecule has 0 fully saturated rings. The third-order valence-electron chi connectivity index (χ3n) is 1.58. The van der Waals surface area contributed by atoms with Gasteiger partial charge in [0, 0.05) is 33.4 Å². The Morgan fingerprint density at radius 2 is 1.06 bits per heavy atom. The normalized spacial score (nSPS) is 20.6. The van der Waals surface area contributed by atoms with Crippen molar-refractivity contribution < 1.29 is 0 Å². The Morgan fingerprint density at radius 1 is 0.824 bits per heavy atom. The summed E-state index contributed by atoms with van der Waals surface area (Å²) in [5, 5.41) is 1.15. The smallest absolute Gasteiger partial charge is 0.110 e. The Morgan fingerprint density at radius 3 is 1.24 bits per heavy atom. The van der Waals surface area contributed by atoms with Crippen molar-refractivity contribution in [3.8, 4) is 0 Å². The molecule has 0 nitrogen and oxygen atoms in total. The van der Waals surface area contributed by atoms with Crippen molar-refractivity contribution in [2.24, 2.45) is 0 Å². The summed E-state index contributed by atoms with van der Waals surface area (Å²) in [4.78, 5) is 0. The van der Waals surface area contributed by atoms with E-state index in [1.54, 1.807) is 0 Å². The van der Waals surface area contributed by atoms with E-state index in [-0.39, 0.29) is 0 Å². The monoisotopic (exact) mass is 390 g/mol. The first-order chi connectivity index (χ1) is 7.86. The van der Waals surface area contributed by atoms with Crippen LogP contribution in [0.5, 0.6) is 0 Å². The van der Waals surface area contributed by atoms with Crippen LogP contribution < -0.4 is 0 Å². The van der Waals surface area contributed by atoms with Gasteiger partial charge < -0.3 is 0 Å². The van der Waals surface area contributed by atoms with E-state index in [0.717, 1.165) is 0 Å². The van der Waals surface area contributed by atoms with Gasteiger partial charge in [0.2, 0.25) is 0 Å². The zero-order valence-corrected chi connectivity index (χ0v) is 16.5. The topological polar surface area (TPSA) is 0 Å².